The third kappa shape index (κ3) is 4.86. The van der Waals surface area contributed by atoms with Crippen LogP contribution < -0.4 is 0 Å². The monoisotopic (exact) mass is 450 g/mol. The van der Waals surface area contributed by atoms with Gasteiger partial charge >= 0.3 is 0 Å². The molecular weight excluding hydrogens is 416 g/mol. The van der Waals surface area contributed by atoms with E-state index in [0.717, 1.165) is 44.8 Å². The van der Waals surface area contributed by atoms with Crippen LogP contribution in [-0.4, -0.2) is 21.7 Å². The van der Waals surface area contributed by atoms with Crippen molar-refractivity contribution >= 4 is 34.2 Å². The van der Waals surface area contributed by atoms with Crippen molar-refractivity contribution in [1.29, 1.82) is 0 Å². The van der Waals surface area contributed by atoms with Gasteiger partial charge in [0.1, 0.15) is 5.69 Å². The Morgan fingerprint density at radius 1 is 0.794 bits per heavy atom. The number of fused-ring (bicyclic) bond motifs is 1. The maximum atomic E-state index is 5.18. The number of hydrogen-bond donors (Lipinski definition) is 0. The lowest BCUT2D eigenvalue weighted by atomic mass is 9.89. The van der Waals surface area contributed by atoms with Crippen LogP contribution in [0.3, 0.4) is 0 Å². The first kappa shape index (κ1) is 23.6. The fourth-order valence-electron chi connectivity index (χ4n) is 4.20. The van der Waals surface area contributed by atoms with Gasteiger partial charge in [-0.3, -0.25) is 14.7 Å². The number of aliphatic imine (C=N–C) groups is 2. The van der Waals surface area contributed by atoms with Crippen LogP contribution in [0.2, 0.25) is 0 Å². The van der Waals surface area contributed by atoms with Gasteiger partial charge in [-0.15, -0.1) is 0 Å². The van der Waals surface area contributed by atoms with E-state index in [9.17, 15) is 0 Å². The largest absolute Gasteiger partial charge is 0.259 e. The minimum atomic E-state index is -0.103. The van der Waals surface area contributed by atoms with E-state index in [-0.39, 0.29) is 5.41 Å². The standard InChI is InChI=1S/C30H34N4/c1-20-12-10-13-21(2)28(20)31-18-25-24-16-8-9-17-26(24)34(33-25)19-27(30(5,6)7)32-29-22(3)14-11-15-23(29)4/h8-18H,19H2,1-7H3. The molecule has 0 saturated heterocycles. The molecule has 0 unspecified atom stereocenters. The average molecular weight is 451 g/mol. The topological polar surface area (TPSA) is 42.5 Å². The van der Waals surface area contributed by atoms with Crippen molar-refractivity contribution in [2.45, 2.75) is 55.0 Å². The van der Waals surface area contributed by atoms with E-state index < -0.39 is 0 Å². The third-order valence-electron chi connectivity index (χ3n) is 6.29. The van der Waals surface area contributed by atoms with Crippen LogP contribution in [0.1, 0.15) is 48.7 Å². The molecular formula is C30H34N4. The minimum absolute atomic E-state index is 0.103. The van der Waals surface area contributed by atoms with Crippen molar-refractivity contribution in [3.63, 3.8) is 0 Å². The second kappa shape index (κ2) is 9.38. The highest BCUT2D eigenvalue weighted by Gasteiger charge is 2.22. The Labute approximate surface area is 203 Å². The van der Waals surface area contributed by atoms with E-state index in [1.54, 1.807) is 0 Å². The molecule has 0 aliphatic rings. The first-order valence-electron chi connectivity index (χ1n) is 11.9. The first-order chi connectivity index (χ1) is 16.1. The summed E-state index contributed by atoms with van der Waals surface area (Å²) in [5.74, 6) is 0. The predicted molar refractivity (Wildman–Crippen MR) is 145 cm³/mol. The summed E-state index contributed by atoms with van der Waals surface area (Å²) >= 11 is 0. The predicted octanol–water partition coefficient (Wildman–Crippen LogP) is 7.84. The van der Waals surface area contributed by atoms with Crippen LogP contribution >= 0.6 is 0 Å². The molecule has 0 aliphatic heterocycles. The fourth-order valence-corrected chi connectivity index (χ4v) is 4.20. The normalized spacial score (nSPS) is 12.7. The number of aryl methyl sites for hydroxylation is 4. The van der Waals surface area contributed by atoms with Crippen LogP contribution in [-0.2, 0) is 6.54 Å². The van der Waals surface area contributed by atoms with Gasteiger partial charge in [-0.05, 0) is 56.0 Å². The van der Waals surface area contributed by atoms with Gasteiger partial charge in [0.2, 0.25) is 0 Å². The van der Waals surface area contributed by atoms with E-state index in [1.165, 1.54) is 11.1 Å². The Kier molecular flexibility index (Phi) is 6.52. The number of rotatable bonds is 5. The molecule has 1 aromatic heterocycles. The molecule has 3 aromatic carbocycles. The summed E-state index contributed by atoms with van der Waals surface area (Å²) < 4.78 is 2.07. The molecule has 0 bridgehead atoms. The molecule has 1 heterocycles. The molecule has 34 heavy (non-hydrogen) atoms. The van der Waals surface area contributed by atoms with Gasteiger partial charge in [-0.1, -0.05) is 75.4 Å². The average Bonchev–Trinajstić information content (AvgIpc) is 3.12. The van der Waals surface area contributed by atoms with E-state index in [4.69, 9.17) is 15.1 Å². The van der Waals surface area contributed by atoms with Gasteiger partial charge in [0.25, 0.3) is 0 Å². The number of nitrogens with zero attached hydrogens (tertiary/aromatic N) is 4. The summed E-state index contributed by atoms with van der Waals surface area (Å²) in [5.41, 5.74) is 9.72. The number of benzene rings is 3. The smallest absolute Gasteiger partial charge is 0.111 e. The van der Waals surface area contributed by atoms with Crippen molar-refractivity contribution < 1.29 is 0 Å². The second-order valence-electron chi connectivity index (χ2n) is 10.1. The van der Waals surface area contributed by atoms with Crippen LogP contribution in [0.5, 0.6) is 0 Å². The molecule has 0 saturated carbocycles. The summed E-state index contributed by atoms with van der Waals surface area (Å²) in [6.45, 7) is 15.7. The fraction of sp³-hybridized carbons (Fsp3) is 0.300. The van der Waals surface area contributed by atoms with Gasteiger partial charge in [0, 0.05) is 16.5 Å². The maximum Gasteiger partial charge on any atom is 0.111 e. The Hall–Kier alpha value is -3.53. The third-order valence-corrected chi connectivity index (χ3v) is 6.29. The zero-order valence-corrected chi connectivity index (χ0v) is 21.3. The highest BCUT2D eigenvalue weighted by molar-refractivity contribution is 5.99. The molecule has 0 N–H and O–H groups in total. The van der Waals surface area contributed by atoms with Crippen molar-refractivity contribution in [2.75, 3.05) is 0 Å². The Morgan fingerprint density at radius 3 is 1.94 bits per heavy atom. The quantitative estimate of drug-likeness (QED) is 0.286. The zero-order valence-electron chi connectivity index (χ0n) is 21.3. The van der Waals surface area contributed by atoms with Gasteiger partial charge in [-0.2, -0.15) is 5.10 Å². The van der Waals surface area contributed by atoms with E-state index in [1.807, 2.05) is 6.21 Å². The number of para-hydroxylation sites is 3. The second-order valence-corrected chi connectivity index (χ2v) is 10.1. The molecule has 0 fully saturated rings. The molecule has 4 heteroatoms. The lowest BCUT2D eigenvalue weighted by Crippen LogP contribution is -2.26. The van der Waals surface area contributed by atoms with Crippen LogP contribution in [0, 0.1) is 33.1 Å². The first-order valence-corrected chi connectivity index (χ1v) is 11.9. The van der Waals surface area contributed by atoms with Gasteiger partial charge in [-0.25, -0.2) is 0 Å². The van der Waals surface area contributed by atoms with Crippen LogP contribution in [0.4, 0.5) is 11.4 Å². The highest BCUT2D eigenvalue weighted by atomic mass is 15.3. The molecule has 0 aliphatic carbocycles. The summed E-state index contributed by atoms with van der Waals surface area (Å²) in [5, 5.41) is 6.09. The Bertz CT molecular complexity index is 1360. The Morgan fingerprint density at radius 2 is 1.35 bits per heavy atom. The summed E-state index contributed by atoms with van der Waals surface area (Å²) in [7, 11) is 0. The Balaban J connectivity index is 1.79. The van der Waals surface area contributed by atoms with Crippen molar-refractivity contribution in [3.8, 4) is 0 Å². The summed E-state index contributed by atoms with van der Waals surface area (Å²) in [6, 6.07) is 20.9. The van der Waals surface area contributed by atoms with Gasteiger partial charge in [0.05, 0.1) is 29.7 Å². The van der Waals surface area contributed by atoms with E-state index >= 15 is 0 Å². The molecule has 0 spiro atoms. The lowest BCUT2D eigenvalue weighted by molar-refractivity contribution is 0.560. The highest BCUT2D eigenvalue weighted by Crippen LogP contribution is 2.29. The molecule has 4 nitrogen and oxygen atoms in total. The van der Waals surface area contributed by atoms with E-state index in [0.29, 0.717) is 6.54 Å². The summed E-state index contributed by atoms with van der Waals surface area (Å²) in [6.07, 6.45) is 1.90. The molecule has 4 rings (SSSR count). The molecule has 0 radical (unpaired) electrons. The van der Waals surface area contributed by atoms with Gasteiger partial charge < -0.3 is 0 Å². The van der Waals surface area contributed by atoms with Crippen LogP contribution in [0.25, 0.3) is 10.9 Å². The zero-order chi connectivity index (χ0) is 24.5. The lowest BCUT2D eigenvalue weighted by Gasteiger charge is -2.23. The molecule has 0 amide bonds. The number of hydrogen-bond acceptors (Lipinski definition) is 3. The number of aromatic nitrogens is 2. The maximum absolute atomic E-state index is 5.18. The van der Waals surface area contributed by atoms with Crippen LogP contribution in [0.15, 0.2) is 70.6 Å². The van der Waals surface area contributed by atoms with E-state index in [2.05, 4.69) is 114 Å². The van der Waals surface area contributed by atoms with Crippen molar-refractivity contribution in [2.24, 2.45) is 15.4 Å². The minimum Gasteiger partial charge on any atom is -0.259 e. The molecule has 0 atom stereocenters. The molecule has 174 valence electrons. The SMILES string of the molecule is Cc1cccc(C)c1N=Cc1nn(CC(=Nc2c(C)cccc2C)C(C)(C)C)c2ccccc12. The summed E-state index contributed by atoms with van der Waals surface area (Å²) in [4.78, 5) is 10.0. The molecule has 4 aromatic rings. The van der Waals surface area contributed by atoms with Crippen molar-refractivity contribution in [1.82, 2.24) is 9.78 Å². The van der Waals surface area contributed by atoms with Crippen molar-refractivity contribution in [3.05, 3.63) is 88.6 Å². The van der Waals surface area contributed by atoms with Gasteiger partial charge in [0.15, 0.2) is 0 Å².